The molecule has 0 amide bonds. The van der Waals surface area contributed by atoms with Crippen molar-refractivity contribution in [3.8, 4) is 0 Å². The van der Waals surface area contributed by atoms with E-state index in [1.165, 1.54) is 51.4 Å². The first-order valence-electron chi connectivity index (χ1n) is 10.9. The quantitative estimate of drug-likeness (QED) is 0.780. The Kier molecular flexibility index (Phi) is 5.94. The number of hydrogen-bond acceptors (Lipinski definition) is 5. The van der Waals surface area contributed by atoms with E-state index < -0.39 is 9.84 Å². The van der Waals surface area contributed by atoms with Gasteiger partial charge in [0.2, 0.25) is 0 Å². The highest BCUT2D eigenvalue weighted by atomic mass is 32.2. The molecular formula is C20H37N3O2S. The molecule has 150 valence electrons. The van der Waals surface area contributed by atoms with Gasteiger partial charge < -0.3 is 5.32 Å². The molecule has 0 aromatic heterocycles. The number of rotatable bonds is 3. The Balaban J connectivity index is 1.31. The number of sulfone groups is 1. The molecule has 4 unspecified atom stereocenters. The van der Waals surface area contributed by atoms with Crippen LogP contribution in [0.1, 0.15) is 57.8 Å². The molecule has 0 aromatic rings. The van der Waals surface area contributed by atoms with Gasteiger partial charge in [0.25, 0.3) is 0 Å². The van der Waals surface area contributed by atoms with Crippen molar-refractivity contribution < 1.29 is 8.42 Å². The van der Waals surface area contributed by atoms with Crippen molar-refractivity contribution in [1.29, 1.82) is 0 Å². The maximum atomic E-state index is 11.8. The molecule has 2 N–H and O–H groups in total. The van der Waals surface area contributed by atoms with Crippen molar-refractivity contribution in [3.05, 3.63) is 0 Å². The number of nitrogens with one attached hydrogen (secondary N) is 2. The molecule has 2 aliphatic carbocycles. The van der Waals surface area contributed by atoms with E-state index in [0.29, 0.717) is 18.1 Å². The van der Waals surface area contributed by atoms with Crippen LogP contribution in [0.5, 0.6) is 0 Å². The van der Waals surface area contributed by atoms with Crippen LogP contribution >= 0.6 is 0 Å². The topological polar surface area (TPSA) is 61.4 Å². The Bertz CT molecular complexity index is 574. The zero-order valence-corrected chi connectivity index (χ0v) is 17.1. The van der Waals surface area contributed by atoms with Gasteiger partial charge in [-0.2, -0.15) is 0 Å². The van der Waals surface area contributed by atoms with Gasteiger partial charge in [0, 0.05) is 31.9 Å². The van der Waals surface area contributed by atoms with Gasteiger partial charge in [-0.3, -0.25) is 10.2 Å². The van der Waals surface area contributed by atoms with Crippen molar-refractivity contribution in [2.45, 2.75) is 75.2 Å². The normalized spacial score (nSPS) is 43.0. The standard InChI is InChI=1S/C20H37N3O2S/c1-26(24,25)18-8-6-16(7-9-18)19-12-21-13-20(22-19)23-11-10-15-4-2-3-5-17(15)14-23/h15-22H,2-14H2,1H3. The Morgan fingerprint density at radius 1 is 0.846 bits per heavy atom. The third-order valence-corrected chi connectivity index (χ3v) is 9.45. The lowest BCUT2D eigenvalue weighted by atomic mass is 9.75. The lowest BCUT2D eigenvalue weighted by Gasteiger charge is -2.48. The summed E-state index contributed by atoms with van der Waals surface area (Å²) in [5.41, 5.74) is 0. The highest BCUT2D eigenvalue weighted by Gasteiger charge is 2.38. The van der Waals surface area contributed by atoms with Crippen molar-refractivity contribution in [2.75, 3.05) is 32.4 Å². The predicted molar refractivity (Wildman–Crippen MR) is 106 cm³/mol. The van der Waals surface area contributed by atoms with Crippen molar-refractivity contribution in [2.24, 2.45) is 17.8 Å². The first kappa shape index (κ1) is 19.2. The predicted octanol–water partition coefficient (Wildman–Crippen LogP) is 1.99. The van der Waals surface area contributed by atoms with Crippen LogP contribution in [-0.4, -0.2) is 63.2 Å². The number of nitrogens with zero attached hydrogens (tertiary/aromatic N) is 1. The maximum absolute atomic E-state index is 11.8. The zero-order valence-electron chi connectivity index (χ0n) is 16.3. The van der Waals surface area contributed by atoms with Gasteiger partial charge in [-0.05, 0) is 62.8 Å². The first-order valence-corrected chi connectivity index (χ1v) is 12.9. The average Bonchev–Trinajstić information content (AvgIpc) is 2.67. The van der Waals surface area contributed by atoms with Crippen LogP contribution in [-0.2, 0) is 9.84 Å². The second-order valence-corrected chi connectivity index (χ2v) is 11.7. The van der Waals surface area contributed by atoms with Crippen LogP contribution in [0.2, 0.25) is 0 Å². The Morgan fingerprint density at radius 2 is 1.58 bits per heavy atom. The van der Waals surface area contributed by atoms with Crippen LogP contribution in [0.15, 0.2) is 0 Å². The minimum Gasteiger partial charge on any atom is -0.312 e. The third-order valence-electron chi connectivity index (χ3n) is 7.77. The van der Waals surface area contributed by atoms with Crippen LogP contribution in [0.25, 0.3) is 0 Å². The molecule has 2 saturated heterocycles. The van der Waals surface area contributed by atoms with Gasteiger partial charge in [-0.1, -0.05) is 19.3 Å². The van der Waals surface area contributed by atoms with Gasteiger partial charge in [-0.25, -0.2) is 8.42 Å². The largest absolute Gasteiger partial charge is 0.312 e. The molecule has 2 aliphatic heterocycles. The van der Waals surface area contributed by atoms with Crippen molar-refractivity contribution in [3.63, 3.8) is 0 Å². The molecule has 26 heavy (non-hydrogen) atoms. The Labute approximate surface area is 159 Å². The molecule has 4 rings (SSSR count). The Hall–Kier alpha value is -0.170. The van der Waals surface area contributed by atoms with E-state index in [4.69, 9.17) is 0 Å². The fourth-order valence-electron chi connectivity index (χ4n) is 6.11. The molecule has 4 fully saturated rings. The number of piperazine rings is 1. The molecule has 0 spiro atoms. The highest BCUT2D eigenvalue weighted by Crippen LogP contribution is 2.37. The second kappa shape index (κ2) is 8.06. The number of hydrogen-bond donors (Lipinski definition) is 2. The van der Waals surface area contributed by atoms with Crippen LogP contribution in [0.3, 0.4) is 0 Å². The molecule has 0 aromatic carbocycles. The molecule has 4 atom stereocenters. The van der Waals surface area contributed by atoms with E-state index in [1.807, 2.05) is 0 Å². The zero-order chi connectivity index (χ0) is 18.1. The van der Waals surface area contributed by atoms with E-state index in [0.717, 1.165) is 50.6 Å². The SMILES string of the molecule is CS(=O)(=O)C1CCC(C2CNCC(N3CCC4CCCCC4C3)N2)CC1. The fourth-order valence-corrected chi connectivity index (χ4v) is 7.24. The summed E-state index contributed by atoms with van der Waals surface area (Å²) < 4.78 is 23.6. The summed E-state index contributed by atoms with van der Waals surface area (Å²) in [7, 11) is -2.86. The van der Waals surface area contributed by atoms with Gasteiger partial charge in [0.05, 0.1) is 11.4 Å². The van der Waals surface area contributed by atoms with E-state index >= 15 is 0 Å². The average molecular weight is 384 g/mol. The lowest BCUT2D eigenvalue weighted by Crippen LogP contribution is -2.65. The maximum Gasteiger partial charge on any atom is 0.150 e. The molecule has 2 heterocycles. The van der Waals surface area contributed by atoms with Crippen LogP contribution in [0.4, 0.5) is 0 Å². The van der Waals surface area contributed by atoms with Gasteiger partial charge in [-0.15, -0.1) is 0 Å². The first-order chi connectivity index (χ1) is 12.5. The van der Waals surface area contributed by atoms with E-state index in [1.54, 1.807) is 0 Å². The number of piperidine rings is 1. The Morgan fingerprint density at radius 3 is 2.31 bits per heavy atom. The summed E-state index contributed by atoms with van der Waals surface area (Å²) in [6, 6.07) is 0.498. The lowest BCUT2D eigenvalue weighted by molar-refractivity contribution is 0.0262. The van der Waals surface area contributed by atoms with E-state index in [9.17, 15) is 8.42 Å². The monoisotopic (exact) mass is 383 g/mol. The summed E-state index contributed by atoms with van der Waals surface area (Å²) in [4.78, 5) is 2.70. The highest BCUT2D eigenvalue weighted by molar-refractivity contribution is 7.91. The van der Waals surface area contributed by atoms with E-state index in [2.05, 4.69) is 15.5 Å². The minimum atomic E-state index is -2.86. The number of likely N-dealkylation sites (tertiary alicyclic amines) is 1. The summed E-state index contributed by atoms with van der Waals surface area (Å²) in [6.07, 6.45) is 12.8. The van der Waals surface area contributed by atoms with Crippen LogP contribution < -0.4 is 10.6 Å². The minimum absolute atomic E-state index is 0.101. The van der Waals surface area contributed by atoms with Crippen molar-refractivity contribution in [1.82, 2.24) is 15.5 Å². The van der Waals surface area contributed by atoms with E-state index in [-0.39, 0.29) is 5.25 Å². The summed E-state index contributed by atoms with van der Waals surface area (Å²) >= 11 is 0. The number of fused-ring (bicyclic) bond motifs is 1. The molecule has 0 radical (unpaired) electrons. The van der Waals surface area contributed by atoms with Gasteiger partial charge in [0.1, 0.15) is 9.84 Å². The molecule has 6 heteroatoms. The molecule has 0 bridgehead atoms. The second-order valence-electron chi connectivity index (χ2n) is 9.40. The van der Waals surface area contributed by atoms with Crippen molar-refractivity contribution >= 4 is 9.84 Å². The molecule has 5 nitrogen and oxygen atoms in total. The van der Waals surface area contributed by atoms with Gasteiger partial charge in [0.15, 0.2) is 0 Å². The third kappa shape index (κ3) is 4.29. The van der Waals surface area contributed by atoms with Crippen LogP contribution in [0, 0.1) is 17.8 Å². The summed E-state index contributed by atoms with van der Waals surface area (Å²) in [5.74, 6) is 2.53. The molecule has 4 aliphatic rings. The summed E-state index contributed by atoms with van der Waals surface area (Å²) in [6.45, 7) is 4.60. The fraction of sp³-hybridized carbons (Fsp3) is 1.00. The molecule has 2 saturated carbocycles. The van der Waals surface area contributed by atoms with Gasteiger partial charge >= 0.3 is 0 Å². The molecular weight excluding hydrogens is 346 g/mol. The smallest absolute Gasteiger partial charge is 0.150 e. The summed E-state index contributed by atoms with van der Waals surface area (Å²) in [5, 5.41) is 7.53.